The van der Waals surface area contributed by atoms with Crippen LogP contribution in [-0.4, -0.2) is 46.3 Å². The molecule has 1 unspecified atom stereocenters. The van der Waals surface area contributed by atoms with E-state index in [1.807, 2.05) is 31.2 Å². The molecule has 6 heteroatoms. The molecule has 0 saturated heterocycles. The van der Waals surface area contributed by atoms with Crippen LogP contribution in [0.4, 0.5) is 4.79 Å². The fourth-order valence-corrected chi connectivity index (χ4v) is 1.50. The van der Waals surface area contributed by atoms with Crippen molar-refractivity contribution in [2.45, 2.75) is 26.0 Å². The van der Waals surface area contributed by atoms with E-state index in [1.54, 1.807) is 7.05 Å². The molecule has 1 aromatic rings. The van der Waals surface area contributed by atoms with Gasteiger partial charge >= 0.3 is 12.0 Å². The number of carbonyl (C=O) groups excluding carboxylic acids is 1. The molecule has 0 fully saturated rings. The Labute approximate surface area is 118 Å². The van der Waals surface area contributed by atoms with Gasteiger partial charge in [0, 0.05) is 13.6 Å². The maximum atomic E-state index is 11.8. The summed E-state index contributed by atoms with van der Waals surface area (Å²) in [6.45, 7) is 3.17. The zero-order valence-electron chi connectivity index (χ0n) is 11.9. The molecule has 0 aliphatic carbocycles. The third-order valence-corrected chi connectivity index (χ3v) is 2.93. The molecule has 6 nitrogen and oxygen atoms in total. The molecule has 0 aliphatic heterocycles. The van der Waals surface area contributed by atoms with Crippen molar-refractivity contribution < 1.29 is 19.8 Å². The average molecular weight is 280 g/mol. The number of carbonyl (C=O) groups is 2. The van der Waals surface area contributed by atoms with Crippen LogP contribution in [0.15, 0.2) is 24.3 Å². The first kappa shape index (κ1) is 16.0. The quantitative estimate of drug-likeness (QED) is 0.749. The SMILES string of the molecule is Cc1ccc(CN(C)C(=O)NCC(C)(O)C(=O)O)cc1. The Morgan fingerprint density at radius 2 is 1.85 bits per heavy atom. The number of hydrogen-bond donors (Lipinski definition) is 3. The van der Waals surface area contributed by atoms with Crippen LogP contribution < -0.4 is 5.32 Å². The summed E-state index contributed by atoms with van der Waals surface area (Å²) in [6, 6.07) is 7.32. The average Bonchev–Trinajstić information content (AvgIpc) is 2.38. The molecule has 0 aromatic heterocycles. The van der Waals surface area contributed by atoms with E-state index in [9.17, 15) is 14.7 Å². The third kappa shape index (κ3) is 4.55. The Bertz CT molecular complexity index is 482. The minimum atomic E-state index is -1.97. The summed E-state index contributed by atoms with van der Waals surface area (Å²) in [5.74, 6) is -1.38. The van der Waals surface area contributed by atoms with Crippen molar-refractivity contribution in [3.63, 3.8) is 0 Å². The largest absolute Gasteiger partial charge is 0.479 e. The smallest absolute Gasteiger partial charge is 0.337 e. The van der Waals surface area contributed by atoms with Crippen molar-refractivity contribution in [3.8, 4) is 0 Å². The predicted molar refractivity (Wildman–Crippen MR) is 74.3 cm³/mol. The fraction of sp³-hybridized carbons (Fsp3) is 0.429. The molecule has 0 aliphatic rings. The number of carboxylic acids is 1. The van der Waals surface area contributed by atoms with Gasteiger partial charge in [-0.25, -0.2) is 9.59 Å². The summed E-state index contributed by atoms with van der Waals surface area (Å²) in [5, 5.41) is 20.6. The van der Waals surface area contributed by atoms with Crippen LogP contribution in [0.3, 0.4) is 0 Å². The predicted octanol–water partition coefficient (Wildman–Crippen LogP) is 0.972. The number of hydrogen-bond acceptors (Lipinski definition) is 3. The van der Waals surface area contributed by atoms with Crippen LogP contribution in [0.25, 0.3) is 0 Å². The topological polar surface area (TPSA) is 89.9 Å². The van der Waals surface area contributed by atoms with Crippen LogP contribution in [0.2, 0.25) is 0 Å². The van der Waals surface area contributed by atoms with Gasteiger partial charge in [-0.15, -0.1) is 0 Å². The highest BCUT2D eigenvalue weighted by Crippen LogP contribution is 2.06. The minimum absolute atomic E-state index is 0.348. The van der Waals surface area contributed by atoms with Gasteiger partial charge in [0.15, 0.2) is 5.60 Å². The second-order valence-electron chi connectivity index (χ2n) is 5.08. The molecule has 110 valence electrons. The molecular formula is C14H20N2O4. The Hall–Kier alpha value is -2.08. The molecule has 1 rings (SSSR count). The van der Waals surface area contributed by atoms with E-state index in [-0.39, 0.29) is 6.54 Å². The van der Waals surface area contributed by atoms with E-state index in [4.69, 9.17) is 5.11 Å². The number of aliphatic hydroxyl groups is 1. The lowest BCUT2D eigenvalue weighted by Gasteiger charge is -2.22. The second kappa shape index (κ2) is 6.38. The Balaban J connectivity index is 2.51. The number of urea groups is 1. The lowest BCUT2D eigenvalue weighted by molar-refractivity contribution is -0.155. The van der Waals surface area contributed by atoms with E-state index >= 15 is 0 Å². The van der Waals surface area contributed by atoms with Gasteiger partial charge in [0.25, 0.3) is 0 Å². The first-order valence-corrected chi connectivity index (χ1v) is 6.22. The highest BCUT2D eigenvalue weighted by atomic mass is 16.4. The van der Waals surface area contributed by atoms with Crippen molar-refractivity contribution >= 4 is 12.0 Å². The van der Waals surface area contributed by atoms with Crippen LogP contribution in [-0.2, 0) is 11.3 Å². The molecule has 0 saturated carbocycles. The lowest BCUT2D eigenvalue weighted by Crippen LogP contribution is -2.49. The van der Waals surface area contributed by atoms with Crippen LogP contribution in [0, 0.1) is 6.92 Å². The molecule has 0 bridgehead atoms. The van der Waals surface area contributed by atoms with Crippen LogP contribution >= 0.6 is 0 Å². The van der Waals surface area contributed by atoms with E-state index in [0.29, 0.717) is 6.54 Å². The molecule has 0 heterocycles. The number of aliphatic carboxylic acids is 1. The van der Waals surface area contributed by atoms with E-state index in [0.717, 1.165) is 18.1 Å². The van der Waals surface area contributed by atoms with Crippen molar-refractivity contribution in [1.82, 2.24) is 10.2 Å². The maximum absolute atomic E-state index is 11.8. The lowest BCUT2D eigenvalue weighted by atomic mass is 10.1. The molecule has 0 spiro atoms. The van der Waals surface area contributed by atoms with Gasteiger partial charge in [0.1, 0.15) is 0 Å². The summed E-state index contributed by atoms with van der Waals surface area (Å²) in [4.78, 5) is 23.9. The molecule has 1 atom stereocenters. The molecule has 2 amide bonds. The van der Waals surface area contributed by atoms with Gasteiger partial charge < -0.3 is 20.4 Å². The van der Waals surface area contributed by atoms with E-state index in [1.165, 1.54) is 4.90 Å². The van der Waals surface area contributed by atoms with Crippen molar-refractivity contribution in [3.05, 3.63) is 35.4 Å². The van der Waals surface area contributed by atoms with Gasteiger partial charge in [-0.3, -0.25) is 0 Å². The molecular weight excluding hydrogens is 260 g/mol. The fourth-order valence-electron chi connectivity index (χ4n) is 1.50. The summed E-state index contributed by atoms with van der Waals surface area (Å²) in [7, 11) is 1.60. The number of benzene rings is 1. The van der Waals surface area contributed by atoms with Gasteiger partial charge in [0.05, 0.1) is 6.54 Å². The number of nitrogens with one attached hydrogen (secondary N) is 1. The zero-order valence-corrected chi connectivity index (χ0v) is 11.9. The Kier molecular flexibility index (Phi) is 5.10. The number of amides is 2. The normalized spacial score (nSPS) is 13.4. The molecule has 0 radical (unpaired) electrons. The van der Waals surface area contributed by atoms with E-state index in [2.05, 4.69) is 5.32 Å². The molecule has 1 aromatic carbocycles. The number of nitrogens with zero attached hydrogens (tertiary/aromatic N) is 1. The highest BCUT2D eigenvalue weighted by molar-refractivity contribution is 5.79. The molecule has 3 N–H and O–H groups in total. The number of carboxylic acid groups (broad SMARTS) is 1. The van der Waals surface area contributed by atoms with Crippen LogP contribution in [0.1, 0.15) is 18.1 Å². The summed E-state index contributed by atoms with van der Waals surface area (Å²) < 4.78 is 0. The molecule has 20 heavy (non-hydrogen) atoms. The van der Waals surface area contributed by atoms with Crippen molar-refractivity contribution in [2.75, 3.05) is 13.6 Å². The standard InChI is InChI=1S/C14H20N2O4/c1-10-4-6-11(7-5-10)8-16(3)13(19)15-9-14(2,20)12(17)18/h4-7,20H,8-9H2,1-3H3,(H,15,19)(H,17,18). The Morgan fingerprint density at radius 3 is 2.35 bits per heavy atom. The minimum Gasteiger partial charge on any atom is -0.479 e. The van der Waals surface area contributed by atoms with Gasteiger partial charge in [-0.2, -0.15) is 0 Å². The van der Waals surface area contributed by atoms with Gasteiger partial charge in [0.2, 0.25) is 0 Å². The monoisotopic (exact) mass is 280 g/mol. The highest BCUT2D eigenvalue weighted by Gasteiger charge is 2.30. The number of rotatable bonds is 5. The van der Waals surface area contributed by atoms with Crippen LogP contribution in [0.5, 0.6) is 0 Å². The number of aryl methyl sites for hydroxylation is 1. The summed E-state index contributed by atoms with van der Waals surface area (Å²) in [5.41, 5.74) is 0.136. The first-order valence-electron chi connectivity index (χ1n) is 6.22. The Morgan fingerprint density at radius 1 is 1.30 bits per heavy atom. The van der Waals surface area contributed by atoms with Crippen molar-refractivity contribution in [1.29, 1.82) is 0 Å². The van der Waals surface area contributed by atoms with Gasteiger partial charge in [-0.1, -0.05) is 29.8 Å². The van der Waals surface area contributed by atoms with Crippen molar-refractivity contribution in [2.24, 2.45) is 0 Å². The second-order valence-corrected chi connectivity index (χ2v) is 5.08. The summed E-state index contributed by atoms with van der Waals surface area (Å²) >= 11 is 0. The van der Waals surface area contributed by atoms with Gasteiger partial charge in [-0.05, 0) is 19.4 Å². The zero-order chi connectivity index (χ0) is 15.3. The third-order valence-electron chi connectivity index (χ3n) is 2.93. The summed E-state index contributed by atoms with van der Waals surface area (Å²) in [6.07, 6.45) is 0. The first-order chi connectivity index (χ1) is 9.22. The maximum Gasteiger partial charge on any atom is 0.337 e. The van der Waals surface area contributed by atoms with E-state index < -0.39 is 17.6 Å².